The molecule has 0 heterocycles. The lowest BCUT2D eigenvalue weighted by Gasteiger charge is -2.12. The van der Waals surface area contributed by atoms with Crippen LogP contribution in [0.5, 0.6) is 0 Å². The van der Waals surface area contributed by atoms with E-state index in [4.69, 9.17) is 0 Å². The van der Waals surface area contributed by atoms with Gasteiger partial charge < -0.3 is 0 Å². The molecule has 160 valence electrons. The largest absolute Gasteiger partial charge is 0.279 e. The number of hydrogen-bond donors (Lipinski definition) is 0. The monoisotopic (exact) mass is 434 g/mol. The second kappa shape index (κ2) is 7.84. The third-order valence-electron chi connectivity index (χ3n) is 6.04. The van der Waals surface area contributed by atoms with Crippen molar-refractivity contribution in [3.8, 4) is 0 Å². The summed E-state index contributed by atoms with van der Waals surface area (Å²) in [6, 6.07) is 30.3. The molecule has 6 rings (SSSR count). The summed E-state index contributed by atoms with van der Waals surface area (Å²) in [5.74, 6) is 0. The highest BCUT2D eigenvalue weighted by molar-refractivity contribution is 6.28. The van der Waals surface area contributed by atoms with Gasteiger partial charge in [-0.3, -0.25) is 20.2 Å². The molecule has 0 amide bonds. The molecule has 6 heteroatoms. The first-order chi connectivity index (χ1) is 16.0. The predicted octanol–water partition coefficient (Wildman–Crippen LogP) is 7.55. The molecule has 0 saturated carbocycles. The van der Waals surface area contributed by atoms with Gasteiger partial charge in [0.05, 0.1) is 9.85 Å². The van der Waals surface area contributed by atoms with Crippen molar-refractivity contribution in [2.45, 2.75) is 6.92 Å². The molecule has 0 aliphatic carbocycles. The summed E-state index contributed by atoms with van der Waals surface area (Å²) in [6.45, 7) is 1.36. The van der Waals surface area contributed by atoms with Gasteiger partial charge in [-0.25, -0.2) is 0 Å². The van der Waals surface area contributed by atoms with Crippen molar-refractivity contribution in [3.05, 3.63) is 117 Å². The van der Waals surface area contributed by atoms with Crippen molar-refractivity contribution >= 4 is 54.5 Å². The fraction of sp³-hybridized carbons (Fsp3) is 0.0370. The van der Waals surface area contributed by atoms with E-state index in [1.165, 1.54) is 68.2 Å². The molecule has 0 aromatic heterocycles. The number of nitro groups is 2. The molecule has 0 bridgehead atoms. The third kappa shape index (κ3) is 3.38. The summed E-state index contributed by atoms with van der Waals surface area (Å²) in [7, 11) is 0. The highest BCUT2D eigenvalue weighted by Crippen LogP contribution is 2.38. The van der Waals surface area contributed by atoms with Gasteiger partial charge in [-0.1, -0.05) is 66.7 Å². The molecule has 6 nitrogen and oxygen atoms in total. The Hall–Kier alpha value is -4.58. The molecule has 6 aromatic carbocycles. The first-order valence-electron chi connectivity index (χ1n) is 10.4. The first kappa shape index (κ1) is 20.3. The minimum absolute atomic E-state index is 0.0810. The zero-order valence-electron chi connectivity index (χ0n) is 17.7. The second-order valence-electron chi connectivity index (χ2n) is 7.89. The fourth-order valence-corrected chi connectivity index (χ4v) is 4.50. The van der Waals surface area contributed by atoms with E-state index in [1.807, 2.05) is 0 Å². The maximum Gasteiger partial charge on any atom is 0.279 e. The quantitative estimate of drug-likeness (QED) is 0.122. The predicted molar refractivity (Wildman–Crippen MR) is 132 cm³/mol. The van der Waals surface area contributed by atoms with Gasteiger partial charge in [-0.05, 0) is 62.1 Å². The Kier molecular flexibility index (Phi) is 4.83. The maximum atomic E-state index is 10.4. The van der Waals surface area contributed by atoms with Crippen molar-refractivity contribution in [2.24, 2.45) is 0 Å². The number of rotatable bonds is 2. The number of nitro benzene ring substituents is 2. The van der Waals surface area contributed by atoms with Gasteiger partial charge in [-0.15, -0.1) is 0 Å². The average molecular weight is 434 g/mol. The van der Waals surface area contributed by atoms with Crippen LogP contribution in [-0.4, -0.2) is 9.85 Å². The van der Waals surface area contributed by atoms with Crippen LogP contribution >= 0.6 is 0 Å². The van der Waals surface area contributed by atoms with Crippen LogP contribution in [0.2, 0.25) is 0 Å². The van der Waals surface area contributed by atoms with Gasteiger partial charge in [0, 0.05) is 12.1 Å². The van der Waals surface area contributed by atoms with E-state index in [0.717, 1.165) is 0 Å². The van der Waals surface area contributed by atoms with Crippen molar-refractivity contribution in [1.82, 2.24) is 0 Å². The van der Waals surface area contributed by atoms with Crippen LogP contribution in [0.25, 0.3) is 43.1 Å². The summed E-state index contributed by atoms with van der Waals surface area (Å²) in [6.07, 6.45) is 0. The summed E-state index contributed by atoms with van der Waals surface area (Å²) in [4.78, 5) is 19.5. The smallest absolute Gasteiger partial charge is 0.258 e. The number of benzene rings is 6. The topological polar surface area (TPSA) is 86.3 Å². The zero-order chi connectivity index (χ0) is 23.1. The summed E-state index contributed by atoms with van der Waals surface area (Å²) < 4.78 is 0. The molecule has 0 radical (unpaired) electrons. The number of fused-ring (bicyclic) bond motifs is 2. The fourth-order valence-electron chi connectivity index (χ4n) is 4.50. The van der Waals surface area contributed by atoms with Gasteiger partial charge in [0.25, 0.3) is 11.4 Å². The van der Waals surface area contributed by atoms with E-state index in [1.54, 1.807) is 0 Å². The Morgan fingerprint density at radius 2 is 1.09 bits per heavy atom. The van der Waals surface area contributed by atoms with Crippen LogP contribution < -0.4 is 0 Å². The van der Waals surface area contributed by atoms with E-state index in [0.29, 0.717) is 0 Å². The van der Waals surface area contributed by atoms with Gasteiger partial charge in [0.2, 0.25) is 0 Å². The third-order valence-corrected chi connectivity index (χ3v) is 6.04. The Labute approximate surface area is 188 Å². The Morgan fingerprint density at radius 1 is 0.545 bits per heavy atom. The van der Waals surface area contributed by atoms with Crippen molar-refractivity contribution in [2.75, 3.05) is 0 Å². The molecule has 0 N–H and O–H groups in total. The lowest BCUT2D eigenvalue weighted by atomic mass is 9.91. The molecule has 0 spiro atoms. The van der Waals surface area contributed by atoms with Crippen LogP contribution in [0.3, 0.4) is 0 Å². The Balaban J connectivity index is 0.000000154. The molecule has 0 fully saturated rings. The van der Waals surface area contributed by atoms with Crippen molar-refractivity contribution in [1.29, 1.82) is 0 Å². The van der Waals surface area contributed by atoms with E-state index in [-0.39, 0.29) is 16.9 Å². The van der Waals surface area contributed by atoms with E-state index < -0.39 is 9.85 Å². The molecule has 0 unspecified atom stereocenters. The summed E-state index contributed by atoms with van der Waals surface area (Å²) in [5.41, 5.74) is -0.374. The van der Waals surface area contributed by atoms with Crippen LogP contribution in [0.15, 0.2) is 91.0 Å². The SMILES string of the molecule is Cc1c([N+](=O)[O-])cccc1[N+](=O)[O-].c1ccc2c(c1)cc1ccc3cccc4ccc2c1c34. The van der Waals surface area contributed by atoms with Crippen molar-refractivity contribution < 1.29 is 9.85 Å². The molecule has 0 atom stereocenters. The molecular weight excluding hydrogens is 416 g/mol. The van der Waals surface area contributed by atoms with E-state index >= 15 is 0 Å². The molecule has 6 aromatic rings. The lowest BCUT2D eigenvalue weighted by molar-refractivity contribution is -0.395. The average Bonchev–Trinajstić information content (AvgIpc) is 2.82. The molecule has 33 heavy (non-hydrogen) atoms. The molecule has 0 aliphatic heterocycles. The first-order valence-corrected chi connectivity index (χ1v) is 10.4. The molecular formula is C27H18N2O4. The Bertz CT molecular complexity index is 1640. The van der Waals surface area contributed by atoms with Crippen LogP contribution in [0, 0.1) is 27.2 Å². The molecule has 0 aliphatic rings. The van der Waals surface area contributed by atoms with Gasteiger partial charge in [-0.2, -0.15) is 0 Å². The Morgan fingerprint density at radius 3 is 1.76 bits per heavy atom. The van der Waals surface area contributed by atoms with Crippen LogP contribution in [0.4, 0.5) is 11.4 Å². The minimum Gasteiger partial charge on any atom is -0.258 e. The highest BCUT2D eigenvalue weighted by atomic mass is 16.6. The maximum absolute atomic E-state index is 10.4. The number of nitrogens with zero attached hydrogens (tertiary/aromatic N) is 2. The van der Waals surface area contributed by atoms with Gasteiger partial charge in [0.1, 0.15) is 5.56 Å². The highest BCUT2D eigenvalue weighted by Gasteiger charge is 2.19. The minimum atomic E-state index is -0.637. The number of hydrogen-bond acceptors (Lipinski definition) is 4. The standard InChI is InChI=1S/C20H12.C7H6N2O4/c1-2-7-17-15(4-1)12-16-9-8-13-5-3-6-14-10-11-18(17)20(16)19(13)14;1-5-6(8(10)11)3-2-4-7(5)9(12)13/h1-12H;2-4H,1H3. The van der Waals surface area contributed by atoms with E-state index in [2.05, 4.69) is 72.8 Å². The second-order valence-corrected chi connectivity index (χ2v) is 7.89. The molecule has 0 saturated heterocycles. The van der Waals surface area contributed by atoms with Gasteiger partial charge >= 0.3 is 0 Å². The van der Waals surface area contributed by atoms with Gasteiger partial charge in [0.15, 0.2) is 0 Å². The van der Waals surface area contributed by atoms with Crippen molar-refractivity contribution in [3.63, 3.8) is 0 Å². The lowest BCUT2D eigenvalue weighted by Crippen LogP contribution is -1.96. The van der Waals surface area contributed by atoms with Crippen LogP contribution in [0.1, 0.15) is 5.56 Å². The van der Waals surface area contributed by atoms with Crippen LogP contribution in [-0.2, 0) is 0 Å². The summed E-state index contributed by atoms with van der Waals surface area (Å²) >= 11 is 0. The summed E-state index contributed by atoms with van der Waals surface area (Å²) in [5, 5.41) is 31.6. The normalized spacial score (nSPS) is 11.1. The zero-order valence-corrected chi connectivity index (χ0v) is 17.7. The van der Waals surface area contributed by atoms with E-state index in [9.17, 15) is 20.2 Å².